The lowest BCUT2D eigenvalue weighted by molar-refractivity contribution is 0.174. The largest absolute Gasteiger partial charge is 0.494 e. The number of hydrogen-bond donors (Lipinski definition) is 2. The topological polar surface area (TPSA) is 88.8 Å². The van der Waals surface area contributed by atoms with Gasteiger partial charge in [-0.3, -0.25) is 19.3 Å². The summed E-state index contributed by atoms with van der Waals surface area (Å²) < 4.78 is 12.4. The second-order valence-corrected chi connectivity index (χ2v) is 7.55. The molecule has 0 spiro atoms. The number of ether oxygens (including phenoxy) is 2. The number of hydrogen-bond acceptors (Lipinski definition) is 6. The Kier molecular flexibility index (Phi) is 5.80. The van der Waals surface area contributed by atoms with Crippen LogP contribution in [-0.4, -0.2) is 27.7 Å². The molecule has 4 rings (SSSR count). The molecule has 0 radical (unpaired) electrons. The summed E-state index contributed by atoms with van der Waals surface area (Å²) >= 11 is 5.25. The minimum absolute atomic E-state index is 0.108. The number of allylic oxidation sites excluding steroid dienone is 2. The molecule has 8 heteroatoms. The van der Waals surface area contributed by atoms with Crippen molar-refractivity contribution in [2.45, 2.75) is 45.2 Å². The van der Waals surface area contributed by atoms with Gasteiger partial charge in [-0.1, -0.05) is 17.7 Å². The van der Waals surface area contributed by atoms with Crippen LogP contribution in [0.15, 0.2) is 39.6 Å². The van der Waals surface area contributed by atoms with Crippen molar-refractivity contribution in [3.8, 4) is 17.4 Å². The molecule has 7 nitrogen and oxygen atoms in total. The molecular formula is C21H23N3O4S. The molecule has 0 unspecified atom stereocenters. The number of nitrogens with zero attached hydrogens (tertiary/aromatic N) is 2. The molecule has 1 aromatic heterocycles. The van der Waals surface area contributed by atoms with Crippen LogP contribution in [0.1, 0.15) is 43.2 Å². The predicted octanol–water partition coefficient (Wildman–Crippen LogP) is 3.85. The Bertz CT molecular complexity index is 1080. The van der Waals surface area contributed by atoms with Crippen LogP contribution in [0.3, 0.4) is 0 Å². The molecule has 1 aliphatic heterocycles. The van der Waals surface area contributed by atoms with Gasteiger partial charge in [0, 0.05) is 12.8 Å². The molecule has 0 bridgehead atoms. The third-order valence-electron chi connectivity index (χ3n) is 5.18. The minimum atomic E-state index is -0.449. The smallest absolute Gasteiger partial charge is 0.264 e. The molecule has 29 heavy (non-hydrogen) atoms. The molecule has 0 fully saturated rings. The molecule has 1 aliphatic carbocycles. The van der Waals surface area contributed by atoms with E-state index in [0.29, 0.717) is 24.6 Å². The van der Waals surface area contributed by atoms with Gasteiger partial charge in [-0.25, -0.2) is 0 Å². The molecule has 152 valence electrons. The Morgan fingerprint density at radius 1 is 1.28 bits per heavy atom. The summed E-state index contributed by atoms with van der Waals surface area (Å²) in [6.07, 6.45) is 9.09. The van der Waals surface area contributed by atoms with Crippen LogP contribution in [0.4, 0.5) is 0 Å². The molecule has 2 aromatic rings. The molecular weight excluding hydrogens is 390 g/mol. The summed E-state index contributed by atoms with van der Waals surface area (Å²) in [5.74, 6) is 1.25. The summed E-state index contributed by atoms with van der Waals surface area (Å²) in [7, 11) is 0. The van der Waals surface area contributed by atoms with Crippen molar-refractivity contribution in [1.29, 1.82) is 0 Å². The van der Waals surface area contributed by atoms with Crippen molar-refractivity contribution >= 4 is 18.4 Å². The first-order chi connectivity index (χ1) is 14.1. The molecule has 0 saturated carbocycles. The van der Waals surface area contributed by atoms with E-state index in [4.69, 9.17) is 21.7 Å². The van der Waals surface area contributed by atoms with Crippen LogP contribution in [0, 0.1) is 4.77 Å². The fourth-order valence-electron chi connectivity index (χ4n) is 3.57. The van der Waals surface area contributed by atoms with Crippen LogP contribution >= 0.6 is 12.2 Å². The van der Waals surface area contributed by atoms with E-state index in [1.54, 1.807) is 4.57 Å². The molecule has 2 aliphatic rings. The van der Waals surface area contributed by atoms with Gasteiger partial charge >= 0.3 is 0 Å². The van der Waals surface area contributed by atoms with E-state index < -0.39 is 5.56 Å². The lowest BCUT2D eigenvalue weighted by Crippen LogP contribution is -2.19. The molecule has 0 saturated heterocycles. The molecule has 1 aromatic carbocycles. The third-order valence-corrected chi connectivity index (χ3v) is 5.50. The third kappa shape index (κ3) is 4.42. The first-order valence-electron chi connectivity index (χ1n) is 9.74. The van der Waals surface area contributed by atoms with Crippen molar-refractivity contribution in [1.82, 2.24) is 9.55 Å². The Labute approximate surface area is 173 Å². The van der Waals surface area contributed by atoms with Crippen molar-refractivity contribution in [2.24, 2.45) is 4.99 Å². The molecule has 0 atom stereocenters. The Hall–Kier alpha value is -2.87. The van der Waals surface area contributed by atoms with E-state index in [-0.39, 0.29) is 23.0 Å². The van der Waals surface area contributed by atoms with E-state index in [2.05, 4.69) is 16.1 Å². The summed E-state index contributed by atoms with van der Waals surface area (Å²) in [5, 5.41) is 10.6. The van der Waals surface area contributed by atoms with Gasteiger partial charge in [-0.05, 0) is 62.0 Å². The van der Waals surface area contributed by atoms with Gasteiger partial charge in [0.2, 0.25) is 12.7 Å². The second kappa shape index (κ2) is 8.65. The lowest BCUT2D eigenvalue weighted by Gasteiger charge is -2.15. The maximum absolute atomic E-state index is 12.3. The Morgan fingerprint density at radius 3 is 2.97 bits per heavy atom. The molecule has 2 heterocycles. The zero-order valence-electron chi connectivity index (χ0n) is 16.0. The van der Waals surface area contributed by atoms with Crippen LogP contribution in [0.25, 0.3) is 0 Å². The minimum Gasteiger partial charge on any atom is -0.494 e. The summed E-state index contributed by atoms with van der Waals surface area (Å²) in [6.45, 7) is 1.09. The summed E-state index contributed by atoms with van der Waals surface area (Å²) in [5.41, 5.74) is 1.95. The number of rotatable bonds is 6. The maximum Gasteiger partial charge on any atom is 0.264 e. The maximum atomic E-state index is 12.3. The van der Waals surface area contributed by atoms with Gasteiger partial charge in [0.15, 0.2) is 16.3 Å². The first-order valence-corrected chi connectivity index (χ1v) is 10.1. The summed E-state index contributed by atoms with van der Waals surface area (Å²) in [4.78, 5) is 19.2. The van der Waals surface area contributed by atoms with E-state index >= 15 is 0 Å². The Balaban J connectivity index is 1.50. The van der Waals surface area contributed by atoms with Crippen molar-refractivity contribution in [2.75, 3.05) is 6.79 Å². The van der Waals surface area contributed by atoms with Crippen LogP contribution in [0.5, 0.6) is 17.4 Å². The first kappa shape index (κ1) is 19.4. The number of aliphatic imine (C=N–C) groups is 1. The van der Waals surface area contributed by atoms with Crippen molar-refractivity contribution in [3.63, 3.8) is 0 Å². The second-order valence-electron chi connectivity index (χ2n) is 7.16. The zero-order chi connectivity index (χ0) is 20.2. The highest BCUT2D eigenvalue weighted by Gasteiger charge is 2.14. The van der Waals surface area contributed by atoms with Gasteiger partial charge < -0.3 is 14.6 Å². The number of benzene rings is 1. The number of aromatic amines is 1. The monoisotopic (exact) mass is 413 g/mol. The molecule has 0 amide bonds. The van der Waals surface area contributed by atoms with Crippen LogP contribution in [0.2, 0.25) is 0 Å². The SMILES string of the molecule is O=c1[nH]c(=S)n(CCC2=CCCCC2)c(O)c1C=NCc1ccc2c(c1)OCO2. The van der Waals surface area contributed by atoms with Crippen LogP contribution < -0.4 is 15.0 Å². The zero-order valence-corrected chi connectivity index (χ0v) is 16.8. The standard InChI is InChI=1S/C21H23N3O4S/c25-19-16(12-22-11-15-6-7-17-18(10-15)28-13-27-17)20(26)24(21(29)23-19)9-8-14-4-2-1-3-5-14/h4,6-7,10,12,26H,1-3,5,8-9,11,13H2,(H,23,25,29). The van der Waals surface area contributed by atoms with E-state index in [1.807, 2.05) is 18.2 Å². The van der Waals surface area contributed by atoms with Gasteiger partial charge in [0.1, 0.15) is 5.56 Å². The number of nitrogens with one attached hydrogen (secondary N) is 1. The molecule has 2 N–H and O–H groups in total. The summed E-state index contributed by atoms with van der Waals surface area (Å²) in [6, 6.07) is 5.57. The normalized spacial score (nSPS) is 15.7. The van der Waals surface area contributed by atoms with Gasteiger partial charge in [-0.2, -0.15) is 0 Å². The van der Waals surface area contributed by atoms with Gasteiger partial charge in [-0.15, -0.1) is 0 Å². The predicted molar refractivity (Wildman–Crippen MR) is 113 cm³/mol. The van der Waals surface area contributed by atoms with Crippen LogP contribution in [-0.2, 0) is 13.1 Å². The fraction of sp³-hybridized carbons (Fsp3) is 0.381. The highest BCUT2D eigenvalue weighted by atomic mass is 32.1. The van der Waals surface area contributed by atoms with Crippen molar-refractivity contribution < 1.29 is 14.6 Å². The van der Waals surface area contributed by atoms with Gasteiger partial charge in [0.25, 0.3) is 5.56 Å². The van der Waals surface area contributed by atoms with Gasteiger partial charge in [0.05, 0.1) is 6.54 Å². The number of aromatic nitrogens is 2. The van der Waals surface area contributed by atoms with E-state index in [1.165, 1.54) is 24.6 Å². The number of fused-ring (bicyclic) bond motifs is 1. The highest BCUT2D eigenvalue weighted by molar-refractivity contribution is 7.71. The van der Waals surface area contributed by atoms with E-state index in [0.717, 1.165) is 24.8 Å². The lowest BCUT2D eigenvalue weighted by atomic mass is 9.97. The average molecular weight is 413 g/mol. The number of H-pyrrole nitrogens is 1. The average Bonchev–Trinajstić information content (AvgIpc) is 3.19. The highest BCUT2D eigenvalue weighted by Crippen LogP contribution is 2.32. The van der Waals surface area contributed by atoms with Crippen molar-refractivity contribution in [3.05, 3.63) is 56.1 Å². The van der Waals surface area contributed by atoms with E-state index in [9.17, 15) is 9.90 Å². The fourth-order valence-corrected chi connectivity index (χ4v) is 3.84. The Morgan fingerprint density at radius 2 is 2.14 bits per heavy atom. The number of aromatic hydroxyl groups is 1. The quantitative estimate of drug-likeness (QED) is 0.427.